The topological polar surface area (TPSA) is 63.2 Å². The molecule has 0 aliphatic rings. The number of hydrogen-bond acceptors (Lipinski definition) is 3. The number of halogens is 1. The third-order valence-electron chi connectivity index (χ3n) is 3.50. The second-order valence-corrected chi connectivity index (χ2v) is 7.89. The fourth-order valence-electron chi connectivity index (χ4n) is 1.67. The maximum atomic E-state index is 12.2. The van der Waals surface area contributed by atoms with Gasteiger partial charge in [0.15, 0.2) is 0 Å². The van der Waals surface area contributed by atoms with E-state index in [4.69, 9.17) is 10.7 Å². The van der Waals surface area contributed by atoms with Gasteiger partial charge in [-0.2, -0.15) is 0 Å². The standard InChI is InChI=1S/C14H20ClNO3S/c1-8(2)11(5)16-14(17)12-6-9(3)10(4)13(7-12)20(15,18)19/h6-8,11H,1-5H3,(H,16,17). The van der Waals surface area contributed by atoms with Gasteiger partial charge in [-0.15, -0.1) is 0 Å². The highest BCUT2D eigenvalue weighted by Gasteiger charge is 2.19. The van der Waals surface area contributed by atoms with Gasteiger partial charge in [0, 0.05) is 22.3 Å². The molecule has 0 fully saturated rings. The van der Waals surface area contributed by atoms with Crippen molar-refractivity contribution in [3.05, 3.63) is 28.8 Å². The summed E-state index contributed by atoms with van der Waals surface area (Å²) in [7, 11) is 1.54. The van der Waals surface area contributed by atoms with E-state index in [0.29, 0.717) is 22.6 Å². The molecule has 0 aliphatic carbocycles. The quantitative estimate of drug-likeness (QED) is 0.868. The fourth-order valence-corrected chi connectivity index (χ4v) is 2.94. The van der Waals surface area contributed by atoms with Crippen LogP contribution < -0.4 is 5.32 Å². The average Bonchev–Trinajstić information content (AvgIpc) is 2.30. The van der Waals surface area contributed by atoms with Crippen LogP contribution in [0.1, 0.15) is 42.3 Å². The molecule has 0 aromatic heterocycles. The number of hydrogen-bond donors (Lipinski definition) is 1. The normalized spacial score (nSPS) is 13.3. The second kappa shape index (κ2) is 6.14. The van der Waals surface area contributed by atoms with Crippen LogP contribution in [-0.2, 0) is 9.05 Å². The van der Waals surface area contributed by atoms with Gasteiger partial charge >= 0.3 is 0 Å². The summed E-state index contributed by atoms with van der Waals surface area (Å²) < 4.78 is 23.1. The summed E-state index contributed by atoms with van der Waals surface area (Å²) in [6.07, 6.45) is 0. The molecule has 1 N–H and O–H groups in total. The first-order valence-electron chi connectivity index (χ1n) is 6.40. The van der Waals surface area contributed by atoms with Gasteiger partial charge in [-0.3, -0.25) is 4.79 Å². The van der Waals surface area contributed by atoms with Gasteiger partial charge in [0.25, 0.3) is 15.0 Å². The summed E-state index contributed by atoms with van der Waals surface area (Å²) in [5, 5.41) is 2.84. The Morgan fingerprint density at radius 3 is 2.20 bits per heavy atom. The molecule has 0 saturated carbocycles. The van der Waals surface area contributed by atoms with Crippen LogP contribution in [0.3, 0.4) is 0 Å². The van der Waals surface area contributed by atoms with Crippen molar-refractivity contribution >= 4 is 25.6 Å². The van der Waals surface area contributed by atoms with E-state index in [-0.39, 0.29) is 16.8 Å². The van der Waals surface area contributed by atoms with Crippen LogP contribution in [0.2, 0.25) is 0 Å². The monoisotopic (exact) mass is 317 g/mol. The van der Waals surface area contributed by atoms with Crippen LogP contribution in [0.25, 0.3) is 0 Å². The van der Waals surface area contributed by atoms with Crippen LogP contribution in [0.15, 0.2) is 17.0 Å². The molecule has 0 spiro atoms. The molecule has 6 heteroatoms. The minimum absolute atomic E-state index is 0.000155. The van der Waals surface area contributed by atoms with E-state index in [1.54, 1.807) is 19.9 Å². The van der Waals surface area contributed by atoms with E-state index in [2.05, 4.69) is 5.32 Å². The van der Waals surface area contributed by atoms with E-state index >= 15 is 0 Å². The molecule has 112 valence electrons. The maximum absolute atomic E-state index is 12.2. The average molecular weight is 318 g/mol. The van der Waals surface area contributed by atoms with Crippen molar-refractivity contribution in [1.82, 2.24) is 5.32 Å². The second-order valence-electron chi connectivity index (χ2n) is 5.36. The molecule has 1 aromatic rings. The van der Waals surface area contributed by atoms with Crippen molar-refractivity contribution in [1.29, 1.82) is 0 Å². The van der Waals surface area contributed by atoms with Crippen LogP contribution in [0, 0.1) is 19.8 Å². The minimum Gasteiger partial charge on any atom is -0.349 e. The number of carbonyl (C=O) groups is 1. The van der Waals surface area contributed by atoms with Gasteiger partial charge in [-0.1, -0.05) is 13.8 Å². The highest BCUT2D eigenvalue weighted by atomic mass is 35.7. The summed E-state index contributed by atoms with van der Waals surface area (Å²) in [4.78, 5) is 12.1. The van der Waals surface area contributed by atoms with Gasteiger partial charge < -0.3 is 5.32 Å². The first-order valence-corrected chi connectivity index (χ1v) is 8.71. The summed E-state index contributed by atoms with van der Waals surface area (Å²) in [5.41, 5.74) is 1.59. The molecule has 1 rings (SSSR count). The van der Waals surface area contributed by atoms with Gasteiger partial charge in [-0.05, 0) is 49.9 Å². The molecular formula is C14H20ClNO3S. The molecule has 0 aliphatic heterocycles. The minimum atomic E-state index is -3.86. The molecule has 0 radical (unpaired) electrons. The molecule has 1 amide bonds. The molecular weight excluding hydrogens is 298 g/mol. The first kappa shape index (κ1) is 17.0. The zero-order valence-corrected chi connectivity index (χ0v) is 13.9. The number of carbonyl (C=O) groups excluding carboxylic acids is 1. The SMILES string of the molecule is Cc1cc(C(=O)NC(C)C(C)C)cc(S(=O)(=O)Cl)c1C. The van der Waals surface area contributed by atoms with E-state index in [1.807, 2.05) is 20.8 Å². The number of amides is 1. The third kappa shape index (κ3) is 3.96. The van der Waals surface area contributed by atoms with Crippen molar-refractivity contribution in [2.45, 2.75) is 45.6 Å². The lowest BCUT2D eigenvalue weighted by molar-refractivity contribution is 0.0930. The summed E-state index contributed by atoms with van der Waals surface area (Å²) in [6.45, 7) is 9.33. The highest BCUT2D eigenvalue weighted by Crippen LogP contribution is 2.24. The summed E-state index contributed by atoms with van der Waals surface area (Å²) in [6, 6.07) is 3.00. The van der Waals surface area contributed by atoms with Gasteiger partial charge in [-0.25, -0.2) is 8.42 Å². The van der Waals surface area contributed by atoms with Crippen LogP contribution >= 0.6 is 10.7 Å². The van der Waals surface area contributed by atoms with E-state index in [1.165, 1.54) is 6.07 Å². The Hall–Kier alpha value is -1.07. The van der Waals surface area contributed by atoms with Crippen molar-refractivity contribution in [3.63, 3.8) is 0 Å². The Morgan fingerprint density at radius 2 is 1.75 bits per heavy atom. The number of rotatable bonds is 4. The first-order chi connectivity index (χ1) is 9.04. The van der Waals surface area contributed by atoms with Crippen molar-refractivity contribution < 1.29 is 13.2 Å². The predicted molar refractivity (Wildman–Crippen MR) is 80.7 cm³/mol. The van der Waals surface area contributed by atoms with Crippen LogP contribution in [-0.4, -0.2) is 20.4 Å². The number of nitrogens with one attached hydrogen (secondary N) is 1. The molecule has 1 aromatic carbocycles. The molecule has 4 nitrogen and oxygen atoms in total. The number of aryl methyl sites for hydroxylation is 1. The summed E-state index contributed by atoms with van der Waals surface area (Å²) >= 11 is 0. The van der Waals surface area contributed by atoms with Gasteiger partial charge in [0.1, 0.15) is 0 Å². The van der Waals surface area contributed by atoms with Gasteiger partial charge in [0.05, 0.1) is 4.90 Å². The largest absolute Gasteiger partial charge is 0.349 e. The Morgan fingerprint density at radius 1 is 1.20 bits per heavy atom. The van der Waals surface area contributed by atoms with E-state index < -0.39 is 9.05 Å². The van der Waals surface area contributed by atoms with Crippen molar-refractivity contribution in [2.75, 3.05) is 0 Å². The molecule has 0 heterocycles. The smallest absolute Gasteiger partial charge is 0.261 e. The zero-order chi connectivity index (χ0) is 15.7. The Balaban J connectivity index is 3.21. The van der Waals surface area contributed by atoms with Crippen LogP contribution in [0.5, 0.6) is 0 Å². The third-order valence-corrected chi connectivity index (χ3v) is 4.95. The highest BCUT2D eigenvalue weighted by molar-refractivity contribution is 8.13. The zero-order valence-electron chi connectivity index (χ0n) is 12.3. The molecule has 20 heavy (non-hydrogen) atoms. The van der Waals surface area contributed by atoms with Gasteiger partial charge in [0.2, 0.25) is 0 Å². The molecule has 0 bridgehead atoms. The summed E-state index contributed by atoms with van der Waals surface area (Å²) in [5.74, 6) is -0.00223. The Kier molecular flexibility index (Phi) is 5.21. The lowest BCUT2D eigenvalue weighted by Gasteiger charge is -2.18. The van der Waals surface area contributed by atoms with Crippen molar-refractivity contribution in [3.8, 4) is 0 Å². The Labute approximate surface area is 124 Å². The fraction of sp³-hybridized carbons (Fsp3) is 0.500. The molecule has 1 atom stereocenters. The lowest BCUT2D eigenvalue weighted by atomic mass is 10.0. The van der Waals surface area contributed by atoms with E-state index in [0.717, 1.165) is 0 Å². The van der Waals surface area contributed by atoms with Crippen LogP contribution in [0.4, 0.5) is 0 Å². The van der Waals surface area contributed by atoms with Crippen molar-refractivity contribution in [2.24, 2.45) is 5.92 Å². The molecule has 0 saturated heterocycles. The number of benzene rings is 1. The Bertz CT molecular complexity index is 624. The van der Waals surface area contributed by atoms with E-state index in [9.17, 15) is 13.2 Å². The predicted octanol–water partition coefficient (Wildman–Crippen LogP) is 3.01. The molecule has 1 unspecified atom stereocenters. The lowest BCUT2D eigenvalue weighted by Crippen LogP contribution is -2.36. The maximum Gasteiger partial charge on any atom is 0.261 e.